The van der Waals surface area contributed by atoms with Crippen molar-refractivity contribution in [2.75, 3.05) is 0 Å². The Morgan fingerprint density at radius 2 is 1.88 bits per heavy atom. The smallest absolute Gasteiger partial charge is 0.313 e. The number of hydrogen-bond donors (Lipinski definition) is 1. The van der Waals surface area contributed by atoms with Gasteiger partial charge in [-0.2, -0.15) is 18.6 Å². The van der Waals surface area contributed by atoms with Crippen LogP contribution in [0.25, 0.3) is 27.9 Å². The number of aromatic nitrogens is 9. The summed E-state index contributed by atoms with van der Waals surface area (Å²) in [7, 11) is 0. The van der Waals surface area contributed by atoms with Crippen LogP contribution in [0.4, 0.5) is 13.2 Å². The molecule has 1 aromatic carbocycles. The largest absolute Gasteiger partial charge is 0.325 e. The Balaban J connectivity index is 1.41. The van der Waals surface area contributed by atoms with Gasteiger partial charge in [0.05, 0.1) is 29.1 Å². The summed E-state index contributed by atoms with van der Waals surface area (Å²) in [5.41, 5.74) is 1.43. The predicted octanol–water partition coefficient (Wildman–Crippen LogP) is 4.29. The van der Waals surface area contributed by atoms with Crippen molar-refractivity contribution in [1.82, 2.24) is 39.5 Å². The zero-order valence-corrected chi connectivity index (χ0v) is 22.7. The van der Waals surface area contributed by atoms with Crippen LogP contribution in [0.3, 0.4) is 0 Å². The molecule has 0 bridgehead atoms. The minimum atomic E-state index is -2.90. The van der Waals surface area contributed by atoms with Gasteiger partial charge >= 0.3 is 12.1 Å². The molecule has 0 amide bonds. The molecule has 0 aliphatic heterocycles. The maximum absolute atomic E-state index is 15.3. The maximum atomic E-state index is 15.3. The van der Waals surface area contributed by atoms with Crippen LogP contribution in [0.5, 0.6) is 0 Å². The van der Waals surface area contributed by atoms with E-state index in [9.17, 15) is 18.8 Å². The molecule has 43 heavy (non-hydrogen) atoms. The Morgan fingerprint density at radius 1 is 1.02 bits per heavy atom. The zero-order valence-electron chi connectivity index (χ0n) is 21.9. The summed E-state index contributed by atoms with van der Waals surface area (Å²) in [6, 6.07) is 13.1. The summed E-state index contributed by atoms with van der Waals surface area (Å²) in [6.45, 7) is 0.127. The van der Waals surface area contributed by atoms with Gasteiger partial charge in [-0.25, -0.2) is 4.39 Å². The van der Waals surface area contributed by atoms with E-state index in [0.29, 0.717) is 32.8 Å². The third kappa shape index (κ3) is 5.47. The molecule has 0 saturated heterocycles. The van der Waals surface area contributed by atoms with Gasteiger partial charge in [-0.05, 0) is 40.3 Å². The van der Waals surface area contributed by atoms with E-state index >= 15 is 4.39 Å². The van der Waals surface area contributed by atoms with Gasteiger partial charge in [0.15, 0.2) is 5.82 Å². The van der Waals surface area contributed by atoms with E-state index < -0.39 is 24.0 Å². The molecule has 0 fully saturated rings. The van der Waals surface area contributed by atoms with Crippen LogP contribution in [-0.2, 0) is 6.54 Å². The minimum Gasteiger partial charge on any atom is -0.313 e. The lowest BCUT2D eigenvalue weighted by Crippen LogP contribution is -2.34. The molecule has 6 aromatic rings. The Kier molecular flexibility index (Phi) is 7.42. The third-order valence-electron chi connectivity index (χ3n) is 6.79. The van der Waals surface area contributed by atoms with Crippen LogP contribution < -0.4 is 10.3 Å². The normalized spacial score (nSPS) is 12.1. The number of halogens is 4. The van der Waals surface area contributed by atoms with Crippen LogP contribution in [0.2, 0.25) is 5.02 Å². The standard InChI is InChI=1S/C28H20ClF3N9O2/c29-20-5-7-22(40-16-34-36-37-40)26(27(20)30)18-4-6-21(33-12-18)24(15-38-9-2-1-3-25(38)42)39-14-19(13-35-39)17-8-10-41(43)23(11-17)28(31)32/h1-14,16,24,28,43H,15H2/q+1/t24-/m0/s1. The number of rotatable bonds is 8. The molecule has 6 rings (SSSR count). The van der Waals surface area contributed by atoms with E-state index in [1.165, 1.54) is 46.2 Å². The van der Waals surface area contributed by atoms with E-state index in [1.54, 1.807) is 47.4 Å². The van der Waals surface area contributed by atoms with Crippen LogP contribution >= 0.6 is 11.6 Å². The van der Waals surface area contributed by atoms with Crippen molar-refractivity contribution < 1.29 is 23.1 Å². The highest BCUT2D eigenvalue weighted by atomic mass is 35.5. The third-order valence-corrected chi connectivity index (χ3v) is 7.09. The number of alkyl halides is 2. The molecular weight excluding hydrogens is 587 g/mol. The van der Waals surface area contributed by atoms with E-state index in [2.05, 4.69) is 25.6 Å². The highest BCUT2D eigenvalue weighted by molar-refractivity contribution is 6.31. The van der Waals surface area contributed by atoms with E-state index in [4.69, 9.17) is 11.6 Å². The molecule has 1 atom stereocenters. The molecule has 0 unspecified atom stereocenters. The van der Waals surface area contributed by atoms with Crippen LogP contribution in [-0.4, -0.2) is 44.7 Å². The molecule has 216 valence electrons. The maximum Gasteiger partial charge on any atom is 0.325 e. The Hall–Kier alpha value is -5.37. The van der Waals surface area contributed by atoms with Crippen molar-refractivity contribution >= 4 is 11.6 Å². The molecule has 1 N–H and O–H groups in total. The SMILES string of the molecule is O=c1ccccn1C[C@@H](c1ccc(-c2c(-n3cnnn3)ccc(Cl)c2F)cn1)n1cc(-c2cc[n+](O)c(C(F)F)c2)cn1. The summed E-state index contributed by atoms with van der Waals surface area (Å²) in [4.78, 5) is 17.2. The first-order chi connectivity index (χ1) is 20.8. The lowest BCUT2D eigenvalue weighted by molar-refractivity contribution is -0.912. The first-order valence-electron chi connectivity index (χ1n) is 12.7. The number of benzene rings is 1. The van der Waals surface area contributed by atoms with Gasteiger partial charge in [-0.1, -0.05) is 23.7 Å². The van der Waals surface area contributed by atoms with Crippen molar-refractivity contribution in [3.63, 3.8) is 0 Å². The van der Waals surface area contributed by atoms with Crippen molar-refractivity contribution in [2.45, 2.75) is 19.0 Å². The molecule has 0 aliphatic carbocycles. The summed E-state index contributed by atoms with van der Waals surface area (Å²) in [5, 5.41) is 25.2. The van der Waals surface area contributed by atoms with Gasteiger partial charge in [-0.15, -0.1) is 5.10 Å². The van der Waals surface area contributed by atoms with E-state index in [1.807, 2.05) is 0 Å². The molecule has 5 aromatic heterocycles. The number of nitrogens with zero attached hydrogens (tertiary/aromatic N) is 9. The van der Waals surface area contributed by atoms with Gasteiger partial charge in [-0.3, -0.25) is 19.7 Å². The first-order valence-corrected chi connectivity index (χ1v) is 13.1. The topological polar surface area (TPSA) is 120 Å². The van der Waals surface area contributed by atoms with Gasteiger partial charge in [0.2, 0.25) is 6.20 Å². The average Bonchev–Trinajstić information content (AvgIpc) is 3.72. The molecular formula is C28H20ClF3N9O2+. The monoisotopic (exact) mass is 606 g/mol. The van der Waals surface area contributed by atoms with Gasteiger partial charge in [0, 0.05) is 58.2 Å². The molecule has 0 aliphatic rings. The van der Waals surface area contributed by atoms with Gasteiger partial charge in [0.25, 0.3) is 5.56 Å². The predicted molar refractivity (Wildman–Crippen MR) is 146 cm³/mol. The lowest BCUT2D eigenvalue weighted by atomic mass is 10.0. The van der Waals surface area contributed by atoms with Gasteiger partial charge in [0.1, 0.15) is 12.4 Å². The average molecular weight is 607 g/mol. The fourth-order valence-electron chi connectivity index (χ4n) is 4.65. The fraction of sp³-hybridized carbons (Fsp3) is 0.107. The Labute approximate surface area is 245 Å². The highest BCUT2D eigenvalue weighted by Gasteiger charge is 2.24. The molecule has 0 radical (unpaired) electrons. The van der Waals surface area contributed by atoms with Crippen LogP contribution in [0, 0.1) is 5.82 Å². The number of hydrogen-bond acceptors (Lipinski definition) is 7. The number of pyridine rings is 3. The van der Waals surface area contributed by atoms with E-state index in [0.717, 1.165) is 12.3 Å². The second kappa shape index (κ2) is 11.5. The summed E-state index contributed by atoms with van der Waals surface area (Å²) in [5.74, 6) is -0.677. The zero-order chi connectivity index (χ0) is 30.1. The molecule has 11 nitrogen and oxygen atoms in total. The first kappa shape index (κ1) is 27.8. The Morgan fingerprint density at radius 3 is 2.60 bits per heavy atom. The number of tetrazole rings is 1. The van der Waals surface area contributed by atoms with Crippen LogP contribution in [0.1, 0.15) is 23.9 Å². The molecule has 15 heteroatoms. The van der Waals surface area contributed by atoms with Crippen molar-refractivity contribution in [3.05, 3.63) is 124 Å². The minimum absolute atomic E-state index is 0.0936. The molecule has 5 heterocycles. The second-order valence-corrected chi connectivity index (χ2v) is 9.79. The van der Waals surface area contributed by atoms with Crippen molar-refractivity contribution in [2.24, 2.45) is 0 Å². The fourth-order valence-corrected chi connectivity index (χ4v) is 4.81. The molecule has 0 spiro atoms. The summed E-state index contributed by atoms with van der Waals surface area (Å²) in [6.07, 6.45) is 5.76. The summed E-state index contributed by atoms with van der Waals surface area (Å²) < 4.78 is 46.8. The van der Waals surface area contributed by atoms with Crippen molar-refractivity contribution in [1.29, 1.82) is 0 Å². The molecule has 0 saturated carbocycles. The second-order valence-electron chi connectivity index (χ2n) is 9.38. The van der Waals surface area contributed by atoms with Gasteiger partial charge < -0.3 is 4.57 Å². The summed E-state index contributed by atoms with van der Waals surface area (Å²) >= 11 is 6.10. The van der Waals surface area contributed by atoms with E-state index in [-0.39, 0.29) is 22.7 Å². The lowest BCUT2D eigenvalue weighted by Gasteiger charge is -2.19. The van der Waals surface area contributed by atoms with Crippen molar-refractivity contribution in [3.8, 4) is 27.9 Å². The van der Waals surface area contributed by atoms with Crippen LogP contribution in [0.15, 0.2) is 96.7 Å². The Bertz CT molecular complexity index is 1960. The quantitative estimate of drug-likeness (QED) is 0.203. The highest BCUT2D eigenvalue weighted by Crippen LogP contribution is 2.34.